The SMILES string of the molecule is O=C(c1ccc(Cl)cc1)c1ccccc1CN1CCCC1. The fourth-order valence-corrected chi connectivity index (χ4v) is 2.94. The zero-order chi connectivity index (χ0) is 14.7. The molecule has 1 aliphatic heterocycles. The number of carbonyl (C=O) groups excluding carboxylic acids is 1. The van der Waals surface area contributed by atoms with Crippen molar-refractivity contribution in [3.8, 4) is 0 Å². The molecule has 0 N–H and O–H groups in total. The van der Waals surface area contributed by atoms with E-state index in [9.17, 15) is 4.79 Å². The van der Waals surface area contributed by atoms with E-state index in [0.29, 0.717) is 10.6 Å². The highest BCUT2D eigenvalue weighted by atomic mass is 35.5. The number of halogens is 1. The van der Waals surface area contributed by atoms with Gasteiger partial charge in [0.15, 0.2) is 5.78 Å². The van der Waals surface area contributed by atoms with Gasteiger partial charge in [-0.1, -0.05) is 35.9 Å². The summed E-state index contributed by atoms with van der Waals surface area (Å²) in [4.78, 5) is 15.1. The van der Waals surface area contributed by atoms with Crippen LogP contribution in [0, 0.1) is 0 Å². The summed E-state index contributed by atoms with van der Waals surface area (Å²) < 4.78 is 0. The van der Waals surface area contributed by atoms with Crippen LogP contribution in [0.5, 0.6) is 0 Å². The van der Waals surface area contributed by atoms with E-state index in [1.807, 2.05) is 18.2 Å². The van der Waals surface area contributed by atoms with Gasteiger partial charge in [-0.25, -0.2) is 0 Å². The average Bonchev–Trinajstić information content (AvgIpc) is 3.01. The molecule has 0 amide bonds. The Morgan fingerprint density at radius 1 is 1.00 bits per heavy atom. The van der Waals surface area contributed by atoms with Crippen molar-refractivity contribution >= 4 is 17.4 Å². The van der Waals surface area contributed by atoms with Gasteiger partial charge in [0.2, 0.25) is 0 Å². The first-order valence-electron chi connectivity index (χ1n) is 7.34. The largest absolute Gasteiger partial charge is 0.299 e. The lowest BCUT2D eigenvalue weighted by Gasteiger charge is -2.17. The molecule has 108 valence electrons. The summed E-state index contributed by atoms with van der Waals surface area (Å²) in [6.45, 7) is 3.11. The highest BCUT2D eigenvalue weighted by molar-refractivity contribution is 6.30. The van der Waals surface area contributed by atoms with Crippen molar-refractivity contribution < 1.29 is 4.79 Å². The van der Waals surface area contributed by atoms with E-state index in [4.69, 9.17) is 11.6 Å². The summed E-state index contributed by atoms with van der Waals surface area (Å²) in [6, 6.07) is 15.0. The Labute approximate surface area is 130 Å². The van der Waals surface area contributed by atoms with Gasteiger partial charge in [0.25, 0.3) is 0 Å². The molecular formula is C18H18ClNO. The maximum Gasteiger partial charge on any atom is 0.193 e. The highest BCUT2D eigenvalue weighted by Crippen LogP contribution is 2.20. The molecule has 0 radical (unpaired) electrons. The molecule has 0 spiro atoms. The van der Waals surface area contributed by atoms with Crippen molar-refractivity contribution in [2.45, 2.75) is 19.4 Å². The van der Waals surface area contributed by atoms with Crippen LogP contribution < -0.4 is 0 Å². The molecule has 2 aromatic rings. The molecular weight excluding hydrogens is 282 g/mol. The van der Waals surface area contributed by atoms with Crippen LogP contribution >= 0.6 is 11.6 Å². The van der Waals surface area contributed by atoms with Gasteiger partial charge < -0.3 is 0 Å². The van der Waals surface area contributed by atoms with Gasteiger partial charge in [-0.15, -0.1) is 0 Å². The number of likely N-dealkylation sites (tertiary alicyclic amines) is 1. The van der Waals surface area contributed by atoms with Crippen molar-refractivity contribution in [1.29, 1.82) is 0 Å². The molecule has 2 aromatic carbocycles. The lowest BCUT2D eigenvalue weighted by Crippen LogP contribution is -2.20. The molecule has 0 unspecified atom stereocenters. The van der Waals surface area contributed by atoms with Crippen molar-refractivity contribution in [2.75, 3.05) is 13.1 Å². The first-order chi connectivity index (χ1) is 10.2. The van der Waals surface area contributed by atoms with Crippen LogP contribution in [-0.4, -0.2) is 23.8 Å². The zero-order valence-corrected chi connectivity index (χ0v) is 12.6. The molecule has 0 atom stereocenters. The topological polar surface area (TPSA) is 20.3 Å². The zero-order valence-electron chi connectivity index (χ0n) is 11.9. The normalized spacial score (nSPS) is 15.3. The third kappa shape index (κ3) is 3.34. The summed E-state index contributed by atoms with van der Waals surface area (Å²) in [5.74, 6) is 0.0708. The molecule has 3 heteroatoms. The van der Waals surface area contributed by atoms with Crippen LogP contribution in [0.3, 0.4) is 0 Å². The average molecular weight is 300 g/mol. The molecule has 0 aliphatic carbocycles. The van der Waals surface area contributed by atoms with Crippen LogP contribution in [0.15, 0.2) is 48.5 Å². The second kappa shape index (κ2) is 6.42. The van der Waals surface area contributed by atoms with Gasteiger partial charge >= 0.3 is 0 Å². The van der Waals surface area contributed by atoms with Gasteiger partial charge in [0, 0.05) is 22.7 Å². The molecule has 3 rings (SSSR count). The van der Waals surface area contributed by atoms with Gasteiger partial charge in [-0.3, -0.25) is 9.69 Å². The Balaban J connectivity index is 1.86. The van der Waals surface area contributed by atoms with Crippen LogP contribution in [0.25, 0.3) is 0 Å². The minimum Gasteiger partial charge on any atom is -0.299 e. The molecule has 0 aromatic heterocycles. The van der Waals surface area contributed by atoms with Gasteiger partial charge in [-0.2, -0.15) is 0 Å². The maximum atomic E-state index is 12.7. The van der Waals surface area contributed by atoms with Gasteiger partial charge in [0.05, 0.1) is 0 Å². The lowest BCUT2D eigenvalue weighted by atomic mass is 9.98. The Morgan fingerprint density at radius 3 is 2.38 bits per heavy atom. The molecule has 1 fully saturated rings. The van der Waals surface area contributed by atoms with Crippen LogP contribution in [0.1, 0.15) is 34.3 Å². The number of ketones is 1. The molecule has 2 nitrogen and oxygen atoms in total. The quantitative estimate of drug-likeness (QED) is 0.790. The number of nitrogens with zero attached hydrogens (tertiary/aromatic N) is 1. The molecule has 0 bridgehead atoms. The number of rotatable bonds is 4. The summed E-state index contributed by atoms with van der Waals surface area (Å²) in [5.41, 5.74) is 2.60. The Morgan fingerprint density at radius 2 is 1.67 bits per heavy atom. The summed E-state index contributed by atoms with van der Waals surface area (Å²) in [7, 11) is 0. The predicted octanol–water partition coefficient (Wildman–Crippen LogP) is 4.17. The second-order valence-corrected chi connectivity index (χ2v) is 5.91. The van der Waals surface area contributed by atoms with Crippen LogP contribution in [0.4, 0.5) is 0 Å². The second-order valence-electron chi connectivity index (χ2n) is 5.48. The fourth-order valence-electron chi connectivity index (χ4n) is 2.82. The van der Waals surface area contributed by atoms with Gasteiger partial charge in [-0.05, 0) is 55.8 Å². The Hall–Kier alpha value is -1.64. The minimum absolute atomic E-state index is 0.0708. The molecule has 21 heavy (non-hydrogen) atoms. The van der Waals surface area contributed by atoms with E-state index in [2.05, 4.69) is 11.0 Å². The van der Waals surface area contributed by atoms with Crippen LogP contribution in [0.2, 0.25) is 5.02 Å². The third-order valence-electron chi connectivity index (χ3n) is 3.96. The minimum atomic E-state index is 0.0708. The summed E-state index contributed by atoms with van der Waals surface area (Å²) in [6.07, 6.45) is 2.51. The highest BCUT2D eigenvalue weighted by Gasteiger charge is 2.17. The van der Waals surface area contributed by atoms with Crippen molar-refractivity contribution in [3.05, 3.63) is 70.2 Å². The van der Waals surface area contributed by atoms with E-state index >= 15 is 0 Å². The van der Waals surface area contributed by atoms with Gasteiger partial charge in [0.1, 0.15) is 0 Å². The Bertz CT molecular complexity index is 630. The molecule has 1 saturated heterocycles. The van der Waals surface area contributed by atoms with Crippen molar-refractivity contribution in [3.63, 3.8) is 0 Å². The molecule has 0 saturated carbocycles. The summed E-state index contributed by atoms with van der Waals surface area (Å²) >= 11 is 5.89. The number of benzene rings is 2. The predicted molar refractivity (Wildman–Crippen MR) is 85.8 cm³/mol. The number of hydrogen-bond acceptors (Lipinski definition) is 2. The van der Waals surface area contributed by atoms with E-state index in [-0.39, 0.29) is 5.78 Å². The smallest absolute Gasteiger partial charge is 0.193 e. The maximum absolute atomic E-state index is 12.7. The van der Waals surface area contributed by atoms with E-state index in [1.165, 1.54) is 12.8 Å². The standard InChI is InChI=1S/C18H18ClNO/c19-16-9-7-14(8-10-16)18(21)17-6-2-1-5-15(17)13-20-11-3-4-12-20/h1-2,5-10H,3-4,11-13H2. The third-order valence-corrected chi connectivity index (χ3v) is 4.21. The lowest BCUT2D eigenvalue weighted by molar-refractivity contribution is 0.103. The van der Waals surface area contributed by atoms with E-state index in [1.54, 1.807) is 24.3 Å². The Kier molecular flexibility index (Phi) is 4.37. The fraction of sp³-hybridized carbons (Fsp3) is 0.278. The molecule has 1 heterocycles. The van der Waals surface area contributed by atoms with Crippen molar-refractivity contribution in [2.24, 2.45) is 0 Å². The van der Waals surface area contributed by atoms with Crippen molar-refractivity contribution in [1.82, 2.24) is 4.90 Å². The van der Waals surface area contributed by atoms with E-state index < -0.39 is 0 Å². The molecule has 1 aliphatic rings. The number of carbonyl (C=O) groups is 1. The summed E-state index contributed by atoms with van der Waals surface area (Å²) in [5, 5.41) is 0.650. The number of hydrogen-bond donors (Lipinski definition) is 0. The first kappa shape index (κ1) is 14.3. The first-order valence-corrected chi connectivity index (χ1v) is 7.72. The monoisotopic (exact) mass is 299 g/mol. The van der Waals surface area contributed by atoms with E-state index in [0.717, 1.165) is 30.8 Å². The van der Waals surface area contributed by atoms with Crippen LogP contribution in [-0.2, 0) is 6.54 Å².